The van der Waals surface area contributed by atoms with Gasteiger partial charge >= 0.3 is 0 Å². The Hall–Kier alpha value is -1.78. The van der Waals surface area contributed by atoms with E-state index in [2.05, 4.69) is 45.8 Å². The normalized spacial score (nSPS) is 21.3. The molecule has 0 radical (unpaired) electrons. The molecule has 0 spiro atoms. The highest BCUT2D eigenvalue weighted by Gasteiger charge is 2.18. The molecule has 0 aromatic carbocycles. The summed E-state index contributed by atoms with van der Waals surface area (Å²) in [6.45, 7) is 9.54. The first-order chi connectivity index (χ1) is 11.6. The lowest BCUT2D eigenvalue weighted by molar-refractivity contribution is 0.277. The molecule has 2 aliphatic heterocycles. The zero-order chi connectivity index (χ0) is 16.9. The van der Waals surface area contributed by atoms with Gasteiger partial charge in [-0.2, -0.15) is 0 Å². The minimum Gasteiger partial charge on any atom is -0.370 e. The van der Waals surface area contributed by atoms with Crippen LogP contribution in [0.4, 0.5) is 5.82 Å². The van der Waals surface area contributed by atoms with Crippen LogP contribution in [0, 0.1) is 11.8 Å². The summed E-state index contributed by atoms with van der Waals surface area (Å²) in [7, 11) is 0. The molecule has 2 saturated heterocycles. The van der Waals surface area contributed by atoms with E-state index >= 15 is 0 Å². The zero-order valence-electron chi connectivity index (χ0n) is 15.1. The molecule has 5 nitrogen and oxygen atoms in total. The van der Waals surface area contributed by atoms with Gasteiger partial charge in [-0.05, 0) is 49.1 Å². The predicted molar refractivity (Wildman–Crippen MR) is 100 cm³/mol. The van der Waals surface area contributed by atoms with Crippen LogP contribution in [0.2, 0.25) is 0 Å². The van der Waals surface area contributed by atoms with Crippen molar-refractivity contribution in [3.8, 4) is 0 Å². The third kappa shape index (κ3) is 4.40. The first-order valence-corrected chi connectivity index (χ1v) is 9.36. The largest absolute Gasteiger partial charge is 0.370 e. The molecule has 0 bridgehead atoms. The molecule has 3 rings (SSSR count). The van der Waals surface area contributed by atoms with E-state index in [0.29, 0.717) is 12.5 Å². The average Bonchev–Trinajstić information content (AvgIpc) is 2.61. The zero-order valence-corrected chi connectivity index (χ0v) is 15.1. The molecule has 2 N–H and O–H groups in total. The van der Waals surface area contributed by atoms with Gasteiger partial charge in [-0.3, -0.25) is 0 Å². The fourth-order valence-corrected chi connectivity index (χ4v) is 3.44. The summed E-state index contributed by atoms with van der Waals surface area (Å²) in [5.41, 5.74) is 7.27. The van der Waals surface area contributed by atoms with Crippen LogP contribution in [-0.4, -0.2) is 42.0 Å². The van der Waals surface area contributed by atoms with Gasteiger partial charge in [-0.15, -0.1) is 0 Å². The van der Waals surface area contributed by atoms with Gasteiger partial charge in [0, 0.05) is 32.4 Å². The molecule has 1 aromatic heterocycles. The summed E-state index contributed by atoms with van der Waals surface area (Å²) >= 11 is 0. The van der Waals surface area contributed by atoms with Gasteiger partial charge in [0.1, 0.15) is 5.82 Å². The van der Waals surface area contributed by atoms with Gasteiger partial charge in [-0.1, -0.05) is 19.9 Å². The predicted octanol–water partition coefficient (Wildman–Crippen LogP) is 2.86. The SMILES string of the molecule is CC1CCN(C(N)=NCc2ccc(N3CCC(C)CC3)nc2)CC1. The number of aliphatic imine (C=N–C) groups is 1. The van der Waals surface area contributed by atoms with Crippen LogP contribution in [0.25, 0.3) is 0 Å². The van der Waals surface area contributed by atoms with Crippen LogP contribution in [-0.2, 0) is 6.54 Å². The smallest absolute Gasteiger partial charge is 0.191 e. The van der Waals surface area contributed by atoms with E-state index in [0.717, 1.165) is 49.4 Å². The molecule has 132 valence electrons. The molecule has 24 heavy (non-hydrogen) atoms. The summed E-state index contributed by atoms with van der Waals surface area (Å²) in [5.74, 6) is 3.42. The van der Waals surface area contributed by atoms with Gasteiger partial charge in [0.15, 0.2) is 5.96 Å². The van der Waals surface area contributed by atoms with Gasteiger partial charge in [0.2, 0.25) is 0 Å². The molecule has 5 heteroatoms. The third-order valence-corrected chi connectivity index (χ3v) is 5.45. The number of nitrogens with two attached hydrogens (primary N) is 1. The van der Waals surface area contributed by atoms with E-state index in [9.17, 15) is 0 Å². The standard InChI is InChI=1S/C19H31N5/c1-15-5-9-23(10-6-15)18-4-3-17(13-21-18)14-22-19(20)24-11-7-16(2)8-12-24/h3-4,13,15-16H,5-12,14H2,1-2H3,(H2,20,22). The lowest BCUT2D eigenvalue weighted by atomic mass is 9.99. The fraction of sp³-hybridized carbons (Fsp3) is 0.684. The lowest BCUT2D eigenvalue weighted by Gasteiger charge is -2.31. The van der Waals surface area contributed by atoms with E-state index in [1.165, 1.54) is 25.7 Å². The lowest BCUT2D eigenvalue weighted by Crippen LogP contribution is -2.42. The molecule has 0 unspecified atom stereocenters. The van der Waals surface area contributed by atoms with Crippen LogP contribution in [0.1, 0.15) is 45.1 Å². The van der Waals surface area contributed by atoms with E-state index < -0.39 is 0 Å². The van der Waals surface area contributed by atoms with Gasteiger partial charge in [-0.25, -0.2) is 9.98 Å². The van der Waals surface area contributed by atoms with Crippen molar-refractivity contribution in [2.24, 2.45) is 22.6 Å². The van der Waals surface area contributed by atoms with Gasteiger partial charge in [0.25, 0.3) is 0 Å². The van der Waals surface area contributed by atoms with Crippen LogP contribution < -0.4 is 10.6 Å². The number of hydrogen-bond acceptors (Lipinski definition) is 3. The van der Waals surface area contributed by atoms with Crippen molar-refractivity contribution in [1.82, 2.24) is 9.88 Å². The highest BCUT2D eigenvalue weighted by Crippen LogP contribution is 2.21. The van der Waals surface area contributed by atoms with Crippen molar-refractivity contribution in [1.29, 1.82) is 0 Å². The molecule has 2 aliphatic rings. The molecule has 0 amide bonds. The van der Waals surface area contributed by atoms with Gasteiger partial charge < -0.3 is 15.5 Å². The highest BCUT2D eigenvalue weighted by molar-refractivity contribution is 5.78. The van der Waals surface area contributed by atoms with Crippen molar-refractivity contribution >= 4 is 11.8 Å². The molecule has 3 heterocycles. The maximum absolute atomic E-state index is 6.15. The van der Waals surface area contributed by atoms with Crippen molar-refractivity contribution in [3.63, 3.8) is 0 Å². The van der Waals surface area contributed by atoms with Crippen molar-refractivity contribution in [2.45, 2.75) is 46.1 Å². The number of guanidine groups is 1. The Kier molecular flexibility index (Phi) is 5.59. The molecule has 2 fully saturated rings. The van der Waals surface area contributed by atoms with Crippen molar-refractivity contribution in [3.05, 3.63) is 23.9 Å². The highest BCUT2D eigenvalue weighted by atomic mass is 15.3. The summed E-state index contributed by atoms with van der Waals surface area (Å²) in [6.07, 6.45) is 6.89. The first-order valence-electron chi connectivity index (χ1n) is 9.36. The Morgan fingerprint density at radius 1 is 1.08 bits per heavy atom. The van der Waals surface area contributed by atoms with Crippen LogP contribution in [0.5, 0.6) is 0 Å². The monoisotopic (exact) mass is 329 g/mol. The van der Waals surface area contributed by atoms with E-state index in [1.807, 2.05) is 6.20 Å². The van der Waals surface area contributed by atoms with E-state index in [-0.39, 0.29) is 0 Å². The number of pyridine rings is 1. The van der Waals surface area contributed by atoms with E-state index in [4.69, 9.17) is 5.73 Å². The topological polar surface area (TPSA) is 57.8 Å². The summed E-state index contributed by atoms with van der Waals surface area (Å²) in [5, 5.41) is 0. The Morgan fingerprint density at radius 2 is 1.71 bits per heavy atom. The second-order valence-electron chi connectivity index (χ2n) is 7.54. The first kappa shape index (κ1) is 17.1. The molecule has 1 aromatic rings. The Morgan fingerprint density at radius 3 is 2.29 bits per heavy atom. The number of likely N-dealkylation sites (tertiary alicyclic amines) is 1. The number of hydrogen-bond donors (Lipinski definition) is 1. The van der Waals surface area contributed by atoms with E-state index in [1.54, 1.807) is 0 Å². The van der Waals surface area contributed by atoms with Crippen molar-refractivity contribution < 1.29 is 0 Å². The maximum Gasteiger partial charge on any atom is 0.191 e. The number of piperidine rings is 2. The second-order valence-corrected chi connectivity index (χ2v) is 7.54. The number of rotatable bonds is 3. The van der Waals surface area contributed by atoms with Crippen LogP contribution in [0.15, 0.2) is 23.3 Å². The number of anilines is 1. The Balaban J connectivity index is 1.53. The molecule has 0 saturated carbocycles. The van der Waals surface area contributed by atoms with Crippen LogP contribution in [0.3, 0.4) is 0 Å². The molecular formula is C19H31N5. The minimum absolute atomic E-state index is 0.613. The number of nitrogens with zero attached hydrogens (tertiary/aromatic N) is 4. The number of aromatic nitrogens is 1. The second kappa shape index (κ2) is 7.86. The van der Waals surface area contributed by atoms with Crippen molar-refractivity contribution in [2.75, 3.05) is 31.1 Å². The Labute approximate surface area is 146 Å². The van der Waals surface area contributed by atoms with Crippen LogP contribution >= 0.6 is 0 Å². The van der Waals surface area contributed by atoms with Gasteiger partial charge in [0.05, 0.1) is 6.54 Å². The fourth-order valence-electron chi connectivity index (χ4n) is 3.44. The molecular weight excluding hydrogens is 298 g/mol. The minimum atomic E-state index is 0.613. The Bertz CT molecular complexity index is 537. The summed E-state index contributed by atoms with van der Waals surface area (Å²) < 4.78 is 0. The third-order valence-electron chi connectivity index (χ3n) is 5.45. The maximum atomic E-state index is 6.15. The average molecular weight is 329 g/mol. The summed E-state index contributed by atoms with van der Waals surface area (Å²) in [4.78, 5) is 13.8. The molecule has 0 atom stereocenters. The summed E-state index contributed by atoms with van der Waals surface area (Å²) in [6, 6.07) is 4.26. The quantitative estimate of drug-likeness (QED) is 0.684. The molecule has 0 aliphatic carbocycles.